The van der Waals surface area contributed by atoms with Crippen molar-refractivity contribution in [3.05, 3.63) is 64.8 Å². The zero-order valence-corrected chi connectivity index (χ0v) is 18.5. The number of thiazole rings is 1. The van der Waals surface area contributed by atoms with Crippen LogP contribution in [-0.2, 0) is 11.3 Å². The maximum absolute atomic E-state index is 12.3. The Kier molecular flexibility index (Phi) is 6.26. The van der Waals surface area contributed by atoms with Crippen LogP contribution in [0.15, 0.2) is 48.0 Å². The fraction of sp³-hybridized carbons (Fsp3) is 0.304. The van der Waals surface area contributed by atoms with Gasteiger partial charge in [-0.2, -0.15) is 5.26 Å². The van der Waals surface area contributed by atoms with Crippen LogP contribution in [0.5, 0.6) is 0 Å². The van der Waals surface area contributed by atoms with Crippen LogP contribution in [0.1, 0.15) is 23.7 Å². The minimum Gasteiger partial charge on any atom is -0.354 e. The second-order valence-electron chi connectivity index (χ2n) is 7.59. The minimum absolute atomic E-state index is 0.0479. The SMILES string of the molecule is CC(=O)N(c1ccc(C)cc1)c1nc(CN2CCN(c3ccc(C#N)cn3)CC2)cs1. The van der Waals surface area contributed by atoms with E-state index in [4.69, 9.17) is 10.2 Å². The highest BCUT2D eigenvalue weighted by molar-refractivity contribution is 7.14. The van der Waals surface area contributed by atoms with Gasteiger partial charge in [0.05, 0.1) is 16.9 Å². The van der Waals surface area contributed by atoms with Gasteiger partial charge in [-0.15, -0.1) is 11.3 Å². The monoisotopic (exact) mass is 432 g/mol. The molecule has 1 aliphatic heterocycles. The van der Waals surface area contributed by atoms with Crippen LogP contribution in [0.3, 0.4) is 0 Å². The van der Waals surface area contributed by atoms with Crippen LogP contribution in [-0.4, -0.2) is 47.0 Å². The molecule has 0 bridgehead atoms. The Balaban J connectivity index is 1.38. The first-order valence-electron chi connectivity index (χ1n) is 10.2. The highest BCUT2D eigenvalue weighted by Crippen LogP contribution is 2.29. The van der Waals surface area contributed by atoms with Crippen LogP contribution in [0.4, 0.5) is 16.6 Å². The topological polar surface area (TPSA) is 76.4 Å². The maximum atomic E-state index is 12.3. The summed E-state index contributed by atoms with van der Waals surface area (Å²) >= 11 is 1.50. The lowest BCUT2D eigenvalue weighted by molar-refractivity contribution is -0.115. The predicted octanol–water partition coefficient (Wildman–Crippen LogP) is 3.73. The molecule has 1 saturated heterocycles. The van der Waals surface area contributed by atoms with Crippen LogP contribution < -0.4 is 9.80 Å². The van der Waals surface area contributed by atoms with Crippen molar-refractivity contribution in [1.29, 1.82) is 5.26 Å². The molecule has 7 nitrogen and oxygen atoms in total. The number of anilines is 3. The molecule has 0 N–H and O–H groups in total. The summed E-state index contributed by atoms with van der Waals surface area (Å²) in [6.07, 6.45) is 1.62. The largest absolute Gasteiger partial charge is 0.354 e. The fourth-order valence-corrected chi connectivity index (χ4v) is 4.47. The smallest absolute Gasteiger partial charge is 0.230 e. The minimum atomic E-state index is -0.0479. The molecule has 4 rings (SSSR count). The number of piperazine rings is 1. The van der Waals surface area contributed by atoms with E-state index in [2.05, 4.69) is 20.9 Å². The number of pyridine rings is 1. The first-order valence-corrected chi connectivity index (χ1v) is 11.1. The zero-order valence-electron chi connectivity index (χ0n) is 17.7. The molecule has 0 unspecified atom stereocenters. The molecule has 1 aliphatic rings. The number of amides is 1. The highest BCUT2D eigenvalue weighted by atomic mass is 32.1. The van der Waals surface area contributed by atoms with Crippen molar-refractivity contribution in [3.8, 4) is 6.07 Å². The lowest BCUT2D eigenvalue weighted by Crippen LogP contribution is -2.46. The van der Waals surface area contributed by atoms with Crippen molar-refractivity contribution in [2.75, 3.05) is 36.0 Å². The second-order valence-corrected chi connectivity index (χ2v) is 8.43. The Bertz CT molecular complexity index is 1080. The Morgan fingerprint density at radius 2 is 1.90 bits per heavy atom. The van der Waals surface area contributed by atoms with E-state index in [9.17, 15) is 4.79 Å². The summed E-state index contributed by atoms with van der Waals surface area (Å²) in [5.74, 6) is 0.859. The van der Waals surface area contributed by atoms with Gasteiger partial charge in [-0.05, 0) is 31.2 Å². The van der Waals surface area contributed by atoms with Gasteiger partial charge < -0.3 is 4.90 Å². The summed E-state index contributed by atoms with van der Waals surface area (Å²) in [6.45, 7) is 7.91. The third-order valence-corrected chi connectivity index (χ3v) is 6.17. The van der Waals surface area contributed by atoms with Gasteiger partial charge in [-0.1, -0.05) is 17.7 Å². The normalized spacial score (nSPS) is 14.3. The van der Waals surface area contributed by atoms with Crippen LogP contribution in [0.25, 0.3) is 0 Å². The number of carbonyl (C=O) groups excluding carboxylic acids is 1. The average molecular weight is 433 g/mol. The van der Waals surface area contributed by atoms with E-state index in [1.165, 1.54) is 11.3 Å². The molecule has 0 aliphatic carbocycles. The van der Waals surface area contributed by atoms with Crippen molar-refractivity contribution in [3.63, 3.8) is 0 Å². The average Bonchev–Trinajstić information content (AvgIpc) is 3.23. The maximum Gasteiger partial charge on any atom is 0.230 e. The molecule has 1 aromatic carbocycles. The van der Waals surface area contributed by atoms with E-state index in [1.807, 2.05) is 42.6 Å². The predicted molar refractivity (Wildman–Crippen MR) is 123 cm³/mol. The van der Waals surface area contributed by atoms with Crippen LogP contribution in [0, 0.1) is 18.3 Å². The summed E-state index contributed by atoms with van der Waals surface area (Å²) in [4.78, 5) is 27.7. The summed E-state index contributed by atoms with van der Waals surface area (Å²) < 4.78 is 0. The van der Waals surface area contributed by atoms with E-state index in [1.54, 1.807) is 24.1 Å². The molecule has 0 radical (unpaired) electrons. The van der Waals surface area contributed by atoms with Crippen molar-refractivity contribution in [2.24, 2.45) is 0 Å². The number of rotatable bonds is 5. The number of nitrogens with zero attached hydrogens (tertiary/aromatic N) is 6. The number of benzene rings is 1. The standard InChI is InChI=1S/C23H24N6OS/c1-17-3-6-21(7-4-17)29(18(2)30)23-26-20(16-31-23)15-27-9-11-28(12-10-27)22-8-5-19(13-24)14-25-22/h3-8,14,16H,9-12,15H2,1-2H3. The molecule has 3 aromatic rings. The molecule has 158 valence electrons. The van der Waals surface area contributed by atoms with Crippen molar-refractivity contribution in [1.82, 2.24) is 14.9 Å². The van der Waals surface area contributed by atoms with Crippen molar-refractivity contribution >= 4 is 33.9 Å². The quantitative estimate of drug-likeness (QED) is 0.612. The number of carbonyl (C=O) groups is 1. The van der Waals surface area contributed by atoms with Gasteiger partial charge in [0.2, 0.25) is 5.91 Å². The van der Waals surface area contributed by atoms with E-state index < -0.39 is 0 Å². The molecule has 1 amide bonds. The number of nitriles is 1. The van der Waals surface area contributed by atoms with E-state index in [0.29, 0.717) is 10.7 Å². The van der Waals surface area contributed by atoms with E-state index in [-0.39, 0.29) is 5.91 Å². The summed E-state index contributed by atoms with van der Waals surface area (Å²) in [6, 6.07) is 13.7. The lowest BCUT2D eigenvalue weighted by atomic mass is 10.2. The Morgan fingerprint density at radius 3 is 2.52 bits per heavy atom. The van der Waals surface area contributed by atoms with Crippen LogP contribution in [0.2, 0.25) is 0 Å². The second kappa shape index (κ2) is 9.25. The first kappa shape index (κ1) is 21.0. The first-order chi connectivity index (χ1) is 15.0. The molecule has 0 spiro atoms. The van der Waals surface area contributed by atoms with Gasteiger partial charge >= 0.3 is 0 Å². The lowest BCUT2D eigenvalue weighted by Gasteiger charge is -2.35. The molecular weight excluding hydrogens is 408 g/mol. The molecule has 2 aromatic heterocycles. The molecule has 0 atom stereocenters. The molecule has 31 heavy (non-hydrogen) atoms. The Labute approximate surface area is 186 Å². The van der Waals surface area contributed by atoms with Crippen LogP contribution >= 0.6 is 11.3 Å². The van der Waals surface area contributed by atoms with E-state index in [0.717, 1.165) is 55.5 Å². The number of hydrogen-bond acceptors (Lipinski definition) is 7. The van der Waals surface area contributed by atoms with Crippen molar-refractivity contribution < 1.29 is 4.79 Å². The Hall–Kier alpha value is -3.28. The fourth-order valence-electron chi connectivity index (χ4n) is 3.60. The summed E-state index contributed by atoms with van der Waals surface area (Å²) in [5.41, 5.74) is 3.54. The molecule has 1 fully saturated rings. The van der Waals surface area contributed by atoms with Gasteiger partial charge in [0.25, 0.3) is 0 Å². The molecule has 8 heteroatoms. The van der Waals surface area contributed by atoms with Gasteiger partial charge in [0, 0.05) is 51.2 Å². The Morgan fingerprint density at radius 1 is 1.16 bits per heavy atom. The number of aromatic nitrogens is 2. The molecule has 0 saturated carbocycles. The van der Waals surface area contributed by atoms with Crippen molar-refractivity contribution in [2.45, 2.75) is 20.4 Å². The van der Waals surface area contributed by atoms with Gasteiger partial charge in [0.15, 0.2) is 5.13 Å². The van der Waals surface area contributed by atoms with Gasteiger partial charge in [-0.3, -0.25) is 14.6 Å². The third kappa shape index (κ3) is 4.90. The van der Waals surface area contributed by atoms with E-state index >= 15 is 0 Å². The van der Waals surface area contributed by atoms with Gasteiger partial charge in [-0.25, -0.2) is 9.97 Å². The zero-order chi connectivity index (χ0) is 21.8. The summed E-state index contributed by atoms with van der Waals surface area (Å²) in [7, 11) is 0. The highest BCUT2D eigenvalue weighted by Gasteiger charge is 2.21. The number of hydrogen-bond donors (Lipinski definition) is 0. The number of aryl methyl sites for hydroxylation is 1. The third-order valence-electron chi connectivity index (χ3n) is 5.30. The summed E-state index contributed by atoms with van der Waals surface area (Å²) in [5, 5.41) is 11.7. The molecule has 3 heterocycles. The van der Waals surface area contributed by atoms with Gasteiger partial charge in [0.1, 0.15) is 11.9 Å². The molecular formula is C23H24N6OS.